The van der Waals surface area contributed by atoms with Gasteiger partial charge in [0, 0.05) is 11.6 Å². The minimum Gasteiger partial charge on any atom is -0.484 e. The average molecular weight is 339 g/mol. The maximum Gasteiger partial charge on any atom is 0.271 e. The lowest BCUT2D eigenvalue weighted by Crippen LogP contribution is -2.34. The van der Waals surface area contributed by atoms with E-state index < -0.39 is 0 Å². The van der Waals surface area contributed by atoms with E-state index >= 15 is 0 Å². The Morgan fingerprint density at radius 1 is 1.08 bits per heavy atom. The number of benzene rings is 2. The SMILES string of the molecule is CC(C)NC(=O)COc1ccc(/C=N/NC(=O)c2ccccc2)cc1. The number of rotatable bonds is 7. The number of hydrogen-bond donors (Lipinski definition) is 2. The molecule has 25 heavy (non-hydrogen) atoms. The van der Waals surface area contributed by atoms with E-state index in [1.54, 1.807) is 48.5 Å². The second-order valence-electron chi connectivity index (χ2n) is 5.65. The van der Waals surface area contributed by atoms with Gasteiger partial charge < -0.3 is 10.1 Å². The van der Waals surface area contributed by atoms with Crippen LogP contribution in [0.25, 0.3) is 0 Å². The lowest BCUT2D eigenvalue weighted by Gasteiger charge is -2.09. The van der Waals surface area contributed by atoms with Crippen LogP contribution in [0.4, 0.5) is 0 Å². The number of carbonyl (C=O) groups excluding carboxylic acids is 2. The van der Waals surface area contributed by atoms with Gasteiger partial charge in [-0.2, -0.15) is 5.10 Å². The van der Waals surface area contributed by atoms with Crippen LogP contribution in [0.3, 0.4) is 0 Å². The summed E-state index contributed by atoms with van der Waals surface area (Å²) < 4.78 is 5.40. The van der Waals surface area contributed by atoms with Crippen LogP contribution in [0.15, 0.2) is 59.7 Å². The van der Waals surface area contributed by atoms with E-state index in [2.05, 4.69) is 15.8 Å². The molecule has 0 aliphatic rings. The first-order valence-electron chi connectivity index (χ1n) is 7.95. The number of hydrazone groups is 1. The van der Waals surface area contributed by atoms with Crippen LogP contribution in [0.1, 0.15) is 29.8 Å². The van der Waals surface area contributed by atoms with E-state index in [1.807, 2.05) is 19.9 Å². The molecule has 0 aliphatic carbocycles. The molecule has 0 unspecified atom stereocenters. The van der Waals surface area contributed by atoms with Crippen LogP contribution in [0, 0.1) is 0 Å². The van der Waals surface area contributed by atoms with Crippen LogP contribution in [0.5, 0.6) is 5.75 Å². The van der Waals surface area contributed by atoms with Crippen molar-refractivity contribution in [1.82, 2.24) is 10.7 Å². The van der Waals surface area contributed by atoms with Gasteiger partial charge in [-0.05, 0) is 55.8 Å². The van der Waals surface area contributed by atoms with Crippen molar-refractivity contribution in [2.24, 2.45) is 5.10 Å². The second kappa shape index (κ2) is 9.22. The Labute approximate surface area is 146 Å². The van der Waals surface area contributed by atoms with E-state index in [0.29, 0.717) is 11.3 Å². The molecule has 0 aliphatic heterocycles. The summed E-state index contributed by atoms with van der Waals surface area (Å²) in [7, 11) is 0. The first-order chi connectivity index (χ1) is 12.0. The smallest absolute Gasteiger partial charge is 0.271 e. The number of nitrogens with one attached hydrogen (secondary N) is 2. The van der Waals surface area contributed by atoms with Crippen LogP contribution < -0.4 is 15.5 Å². The summed E-state index contributed by atoms with van der Waals surface area (Å²) in [5.74, 6) is 0.154. The third-order valence-corrected chi connectivity index (χ3v) is 3.12. The van der Waals surface area contributed by atoms with E-state index in [4.69, 9.17) is 4.74 Å². The molecule has 6 nitrogen and oxygen atoms in total. The molecule has 2 rings (SSSR count). The van der Waals surface area contributed by atoms with Gasteiger partial charge in [0.25, 0.3) is 11.8 Å². The molecule has 0 saturated carbocycles. The minimum atomic E-state index is -0.270. The van der Waals surface area contributed by atoms with Gasteiger partial charge >= 0.3 is 0 Å². The van der Waals surface area contributed by atoms with Crippen molar-refractivity contribution < 1.29 is 14.3 Å². The third-order valence-electron chi connectivity index (χ3n) is 3.12. The number of ether oxygens (including phenoxy) is 1. The Morgan fingerprint density at radius 3 is 2.40 bits per heavy atom. The molecule has 0 fully saturated rings. The first-order valence-corrected chi connectivity index (χ1v) is 7.95. The molecule has 2 aromatic carbocycles. The fraction of sp³-hybridized carbons (Fsp3) is 0.211. The maximum absolute atomic E-state index is 11.8. The van der Waals surface area contributed by atoms with E-state index in [1.165, 1.54) is 6.21 Å². The first kappa shape index (κ1) is 18.2. The van der Waals surface area contributed by atoms with Crippen LogP contribution in [0.2, 0.25) is 0 Å². The lowest BCUT2D eigenvalue weighted by atomic mass is 10.2. The highest BCUT2D eigenvalue weighted by Gasteiger charge is 2.04. The second-order valence-corrected chi connectivity index (χ2v) is 5.65. The number of nitrogens with zero attached hydrogens (tertiary/aromatic N) is 1. The van der Waals surface area contributed by atoms with Crippen LogP contribution in [-0.2, 0) is 4.79 Å². The van der Waals surface area contributed by atoms with Gasteiger partial charge in [-0.25, -0.2) is 5.43 Å². The van der Waals surface area contributed by atoms with Gasteiger partial charge in [-0.3, -0.25) is 9.59 Å². The van der Waals surface area contributed by atoms with E-state index in [-0.39, 0.29) is 24.5 Å². The quantitative estimate of drug-likeness (QED) is 0.600. The molecule has 0 saturated heterocycles. The molecule has 0 heterocycles. The molecule has 0 radical (unpaired) electrons. The van der Waals surface area contributed by atoms with Gasteiger partial charge in [-0.1, -0.05) is 18.2 Å². The lowest BCUT2D eigenvalue weighted by molar-refractivity contribution is -0.123. The van der Waals surface area contributed by atoms with E-state index in [9.17, 15) is 9.59 Å². The molecule has 130 valence electrons. The molecule has 2 aromatic rings. The van der Waals surface area contributed by atoms with Crippen molar-refractivity contribution in [3.05, 3.63) is 65.7 Å². The molecular weight excluding hydrogens is 318 g/mol. The summed E-state index contributed by atoms with van der Waals surface area (Å²) in [6.45, 7) is 3.75. The largest absolute Gasteiger partial charge is 0.484 e. The zero-order valence-corrected chi connectivity index (χ0v) is 14.2. The van der Waals surface area contributed by atoms with Crippen molar-refractivity contribution in [2.75, 3.05) is 6.61 Å². The fourth-order valence-corrected chi connectivity index (χ4v) is 1.98. The number of carbonyl (C=O) groups is 2. The number of amides is 2. The Kier molecular flexibility index (Phi) is 6.71. The molecule has 2 amide bonds. The molecule has 0 aromatic heterocycles. The Morgan fingerprint density at radius 2 is 1.76 bits per heavy atom. The average Bonchev–Trinajstić information content (AvgIpc) is 2.61. The predicted molar refractivity (Wildman–Crippen MR) is 96.7 cm³/mol. The maximum atomic E-state index is 11.8. The molecule has 0 atom stereocenters. The normalized spacial score (nSPS) is 10.7. The monoisotopic (exact) mass is 339 g/mol. The Hall–Kier alpha value is -3.15. The van der Waals surface area contributed by atoms with Crippen molar-refractivity contribution in [1.29, 1.82) is 0 Å². The van der Waals surface area contributed by atoms with E-state index in [0.717, 1.165) is 5.56 Å². The Balaban J connectivity index is 1.81. The Bertz CT molecular complexity index is 725. The fourth-order valence-electron chi connectivity index (χ4n) is 1.98. The summed E-state index contributed by atoms with van der Waals surface area (Å²) in [6, 6.07) is 16.0. The predicted octanol–water partition coefficient (Wildman–Crippen LogP) is 2.35. The summed E-state index contributed by atoms with van der Waals surface area (Å²) in [4.78, 5) is 23.4. The molecular formula is C19H21N3O3. The van der Waals surface area contributed by atoms with Gasteiger partial charge in [-0.15, -0.1) is 0 Å². The summed E-state index contributed by atoms with van der Waals surface area (Å²) in [6.07, 6.45) is 1.54. The van der Waals surface area contributed by atoms with Crippen LogP contribution >= 0.6 is 0 Å². The standard InChI is InChI=1S/C19H21N3O3/c1-14(2)21-18(23)13-25-17-10-8-15(9-11-17)12-20-22-19(24)16-6-4-3-5-7-16/h3-12,14H,13H2,1-2H3,(H,21,23)(H,22,24)/b20-12+. The van der Waals surface area contributed by atoms with Crippen molar-refractivity contribution in [3.63, 3.8) is 0 Å². The van der Waals surface area contributed by atoms with Crippen LogP contribution in [-0.4, -0.2) is 30.7 Å². The topological polar surface area (TPSA) is 79.8 Å². The van der Waals surface area contributed by atoms with Gasteiger partial charge in [0.15, 0.2) is 6.61 Å². The zero-order valence-electron chi connectivity index (χ0n) is 14.2. The van der Waals surface area contributed by atoms with Gasteiger partial charge in [0.1, 0.15) is 5.75 Å². The molecule has 0 bridgehead atoms. The summed E-state index contributed by atoms with van der Waals surface area (Å²) in [5, 5.41) is 6.68. The molecule has 6 heteroatoms. The summed E-state index contributed by atoms with van der Waals surface area (Å²) in [5.41, 5.74) is 3.81. The highest BCUT2D eigenvalue weighted by atomic mass is 16.5. The van der Waals surface area contributed by atoms with Crippen molar-refractivity contribution >= 4 is 18.0 Å². The number of hydrogen-bond acceptors (Lipinski definition) is 4. The minimum absolute atomic E-state index is 0.0290. The van der Waals surface area contributed by atoms with Crippen molar-refractivity contribution in [2.45, 2.75) is 19.9 Å². The molecule has 2 N–H and O–H groups in total. The van der Waals surface area contributed by atoms with Gasteiger partial charge in [0.2, 0.25) is 0 Å². The van der Waals surface area contributed by atoms with Gasteiger partial charge in [0.05, 0.1) is 6.21 Å². The molecule has 0 spiro atoms. The van der Waals surface area contributed by atoms with Crippen molar-refractivity contribution in [3.8, 4) is 5.75 Å². The third kappa shape index (κ3) is 6.47. The highest BCUT2D eigenvalue weighted by molar-refractivity contribution is 5.94. The zero-order chi connectivity index (χ0) is 18.1. The summed E-state index contributed by atoms with van der Waals surface area (Å²) >= 11 is 0. The highest BCUT2D eigenvalue weighted by Crippen LogP contribution is 2.11.